The molecule has 2 aromatic heterocycles. The Morgan fingerprint density at radius 2 is 2.03 bits per heavy atom. The van der Waals surface area contributed by atoms with Crippen LogP contribution in [0.15, 0.2) is 35.5 Å². The van der Waals surface area contributed by atoms with Crippen molar-refractivity contribution in [3.8, 4) is 11.5 Å². The van der Waals surface area contributed by atoms with Crippen LogP contribution in [-0.2, 0) is 24.3 Å². The lowest BCUT2D eigenvalue weighted by molar-refractivity contribution is -0.121. The van der Waals surface area contributed by atoms with Crippen molar-refractivity contribution in [2.45, 2.75) is 19.5 Å². The number of rotatable bonds is 9. The molecule has 0 aliphatic rings. The summed E-state index contributed by atoms with van der Waals surface area (Å²) in [7, 11) is 3.14. The Hall–Kier alpha value is -3.40. The highest BCUT2D eigenvalue weighted by Crippen LogP contribution is 2.27. The highest BCUT2D eigenvalue weighted by Gasteiger charge is 2.12. The summed E-state index contributed by atoms with van der Waals surface area (Å²) in [5.74, 6) is 0.977. The van der Waals surface area contributed by atoms with Crippen LogP contribution in [0, 0.1) is 0 Å². The Bertz CT molecular complexity index is 1060. The van der Waals surface area contributed by atoms with Gasteiger partial charge in [0.25, 0.3) is 5.56 Å². The monoisotopic (exact) mass is 401 g/mol. The molecule has 0 spiro atoms. The molecule has 154 valence electrons. The van der Waals surface area contributed by atoms with Crippen molar-refractivity contribution < 1.29 is 19.4 Å². The van der Waals surface area contributed by atoms with Gasteiger partial charge >= 0.3 is 0 Å². The van der Waals surface area contributed by atoms with E-state index in [1.54, 1.807) is 14.2 Å². The van der Waals surface area contributed by atoms with Gasteiger partial charge in [0.2, 0.25) is 5.91 Å². The number of hydrogen-bond donors (Lipinski definition) is 2. The Morgan fingerprint density at radius 3 is 2.76 bits per heavy atom. The maximum atomic E-state index is 12.5. The average Bonchev–Trinajstić information content (AvgIpc) is 3.14. The summed E-state index contributed by atoms with van der Waals surface area (Å²) >= 11 is 0. The van der Waals surface area contributed by atoms with Crippen molar-refractivity contribution in [1.29, 1.82) is 0 Å². The van der Waals surface area contributed by atoms with Gasteiger partial charge in [0, 0.05) is 6.54 Å². The standard InChI is InChI=1S/C19H23N5O5/c1-28-15-4-3-13(9-16(15)29-2)5-6-20-17(26)11-23-12-21-18-14(19(23)27)10-22-24(18)7-8-25/h3-4,9-10,12,25H,5-8,11H2,1-2H3,(H,20,26). The minimum absolute atomic E-state index is 0.107. The van der Waals surface area contributed by atoms with Gasteiger partial charge in [-0.15, -0.1) is 0 Å². The highest BCUT2D eigenvalue weighted by molar-refractivity contribution is 5.77. The highest BCUT2D eigenvalue weighted by atomic mass is 16.5. The zero-order chi connectivity index (χ0) is 20.8. The first-order valence-electron chi connectivity index (χ1n) is 9.06. The van der Waals surface area contributed by atoms with Gasteiger partial charge in [-0.1, -0.05) is 6.07 Å². The van der Waals surface area contributed by atoms with Crippen molar-refractivity contribution in [1.82, 2.24) is 24.6 Å². The summed E-state index contributed by atoms with van der Waals surface area (Å²) in [6.45, 7) is 0.409. The number of nitrogens with zero attached hydrogens (tertiary/aromatic N) is 4. The van der Waals surface area contributed by atoms with Crippen LogP contribution in [0.25, 0.3) is 11.0 Å². The Balaban J connectivity index is 1.60. The predicted octanol–water partition coefficient (Wildman–Crippen LogP) is -0.0386. The van der Waals surface area contributed by atoms with Gasteiger partial charge in [-0.3, -0.25) is 14.2 Å². The van der Waals surface area contributed by atoms with Crippen LogP contribution in [0.4, 0.5) is 0 Å². The van der Waals surface area contributed by atoms with Crippen LogP contribution in [0.2, 0.25) is 0 Å². The second-order valence-electron chi connectivity index (χ2n) is 6.30. The molecule has 2 N–H and O–H groups in total. The van der Waals surface area contributed by atoms with E-state index in [4.69, 9.17) is 14.6 Å². The summed E-state index contributed by atoms with van der Waals surface area (Å²) in [5.41, 5.74) is 1.02. The zero-order valence-corrected chi connectivity index (χ0v) is 16.3. The lowest BCUT2D eigenvalue weighted by Crippen LogP contribution is -2.33. The third-order valence-corrected chi connectivity index (χ3v) is 4.43. The molecule has 0 fully saturated rings. The van der Waals surface area contributed by atoms with Gasteiger partial charge < -0.3 is 19.9 Å². The number of nitrogens with one attached hydrogen (secondary N) is 1. The van der Waals surface area contributed by atoms with E-state index in [-0.39, 0.29) is 31.2 Å². The number of ether oxygens (including phenoxy) is 2. The third kappa shape index (κ3) is 4.54. The van der Waals surface area contributed by atoms with Crippen molar-refractivity contribution >= 4 is 16.9 Å². The van der Waals surface area contributed by atoms with Crippen molar-refractivity contribution in [2.75, 3.05) is 27.4 Å². The molecule has 0 saturated heterocycles. The maximum Gasteiger partial charge on any atom is 0.264 e. The molecule has 10 heteroatoms. The molecule has 0 unspecified atom stereocenters. The SMILES string of the molecule is COc1ccc(CCNC(=O)Cn2cnc3c(cnn3CCO)c2=O)cc1OC. The number of methoxy groups -OCH3 is 2. The first kappa shape index (κ1) is 20.3. The van der Waals surface area contributed by atoms with Crippen molar-refractivity contribution in [3.05, 3.63) is 46.6 Å². The smallest absolute Gasteiger partial charge is 0.264 e. The Kier molecular flexibility index (Phi) is 6.45. The minimum Gasteiger partial charge on any atom is -0.493 e. The largest absolute Gasteiger partial charge is 0.493 e. The van der Waals surface area contributed by atoms with Gasteiger partial charge in [-0.25, -0.2) is 9.67 Å². The van der Waals surface area contributed by atoms with Gasteiger partial charge in [-0.2, -0.15) is 5.10 Å². The first-order valence-corrected chi connectivity index (χ1v) is 9.06. The van der Waals surface area contributed by atoms with E-state index in [1.165, 1.54) is 21.8 Å². The van der Waals surface area contributed by atoms with Gasteiger partial charge in [0.05, 0.1) is 33.6 Å². The fourth-order valence-electron chi connectivity index (χ4n) is 2.96. The van der Waals surface area contributed by atoms with E-state index in [9.17, 15) is 9.59 Å². The summed E-state index contributed by atoms with van der Waals surface area (Å²) in [6, 6.07) is 5.57. The van der Waals surface area contributed by atoms with Gasteiger partial charge in [0.1, 0.15) is 18.3 Å². The van der Waals surface area contributed by atoms with Crippen molar-refractivity contribution in [3.63, 3.8) is 0 Å². The van der Waals surface area contributed by atoms with Crippen LogP contribution < -0.4 is 20.3 Å². The molecule has 0 radical (unpaired) electrons. The summed E-state index contributed by atoms with van der Waals surface area (Å²) in [5, 5.41) is 16.2. The quantitative estimate of drug-likeness (QED) is 0.516. The Labute approximate surface area is 166 Å². The molecule has 0 saturated carbocycles. The third-order valence-electron chi connectivity index (χ3n) is 4.43. The molecule has 0 atom stereocenters. The maximum absolute atomic E-state index is 12.5. The molecular formula is C19H23N5O5. The molecule has 1 aromatic carbocycles. The number of fused-ring (bicyclic) bond motifs is 1. The Morgan fingerprint density at radius 1 is 1.24 bits per heavy atom. The van der Waals surface area contributed by atoms with E-state index in [2.05, 4.69) is 15.4 Å². The van der Waals surface area contributed by atoms with E-state index in [0.29, 0.717) is 35.5 Å². The van der Waals surface area contributed by atoms with Gasteiger partial charge in [-0.05, 0) is 24.1 Å². The number of benzene rings is 1. The van der Waals surface area contributed by atoms with Crippen LogP contribution >= 0.6 is 0 Å². The number of carbonyl (C=O) groups excluding carboxylic acids is 1. The van der Waals surface area contributed by atoms with Crippen LogP contribution in [0.3, 0.4) is 0 Å². The number of aliphatic hydroxyl groups excluding tert-OH is 1. The first-order chi connectivity index (χ1) is 14.1. The second kappa shape index (κ2) is 9.20. The van der Waals surface area contributed by atoms with E-state index in [0.717, 1.165) is 5.56 Å². The number of aliphatic hydroxyl groups is 1. The fraction of sp³-hybridized carbons (Fsp3) is 0.368. The van der Waals surface area contributed by atoms with E-state index >= 15 is 0 Å². The van der Waals surface area contributed by atoms with Crippen LogP contribution in [0.5, 0.6) is 11.5 Å². The topological polar surface area (TPSA) is 121 Å². The average molecular weight is 401 g/mol. The zero-order valence-electron chi connectivity index (χ0n) is 16.3. The minimum atomic E-state index is -0.353. The lowest BCUT2D eigenvalue weighted by Gasteiger charge is -2.10. The van der Waals surface area contributed by atoms with E-state index in [1.807, 2.05) is 18.2 Å². The summed E-state index contributed by atoms with van der Waals surface area (Å²) in [4.78, 5) is 28.9. The molecule has 10 nitrogen and oxygen atoms in total. The molecular weight excluding hydrogens is 378 g/mol. The number of carbonyl (C=O) groups is 1. The predicted molar refractivity (Wildman–Crippen MR) is 105 cm³/mol. The second-order valence-corrected chi connectivity index (χ2v) is 6.30. The lowest BCUT2D eigenvalue weighted by atomic mass is 10.1. The van der Waals surface area contributed by atoms with E-state index < -0.39 is 0 Å². The normalized spacial score (nSPS) is 10.9. The number of aromatic nitrogens is 4. The molecule has 3 aromatic rings. The summed E-state index contributed by atoms with van der Waals surface area (Å²) in [6.07, 6.45) is 3.31. The molecule has 1 amide bonds. The van der Waals surface area contributed by atoms with Crippen molar-refractivity contribution in [2.24, 2.45) is 0 Å². The molecule has 2 heterocycles. The molecule has 0 aliphatic heterocycles. The van der Waals surface area contributed by atoms with Gasteiger partial charge in [0.15, 0.2) is 17.1 Å². The summed E-state index contributed by atoms with van der Waals surface area (Å²) < 4.78 is 13.2. The van der Waals surface area contributed by atoms with Crippen LogP contribution in [0.1, 0.15) is 5.56 Å². The molecule has 0 aliphatic carbocycles. The fourth-order valence-corrected chi connectivity index (χ4v) is 2.96. The molecule has 3 rings (SSSR count). The number of hydrogen-bond acceptors (Lipinski definition) is 7. The molecule has 0 bridgehead atoms. The van der Waals surface area contributed by atoms with Crippen LogP contribution in [-0.4, -0.2) is 57.7 Å². The molecule has 29 heavy (non-hydrogen) atoms. The number of amides is 1.